The molecule has 0 bridgehead atoms. The normalized spacial score (nSPS) is 12.5. The van der Waals surface area contributed by atoms with Crippen LogP contribution >= 0.6 is 0 Å². The number of carbonyl (C=O) groups is 1. The van der Waals surface area contributed by atoms with Gasteiger partial charge in [0.25, 0.3) is 0 Å². The Balaban J connectivity index is 1.88. The van der Waals surface area contributed by atoms with E-state index in [0.29, 0.717) is 18.8 Å². The zero-order chi connectivity index (χ0) is 13.0. The lowest BCUT2D eigenvalue weighted by Crippen LogP contribution is -2.32. The first kappa shape index (κ1) is 12.2. The molecule has 2 aromatic rings. The monoisotopic (exact) mass is 250 g/mol. The molecule has 2 heterocycles. The number of carboxylic acid groups (broad SMARTS) is 1. The maximum absolute atomic E-state index is 10.6. The van der Waals surface area contributed by atoms with Crippen molar-refractivity contribution in [2.75, 3.05) is 0 Å². The smallest absolute Gasteiger partial charge is 0.320 e. The van der Waals surface area contributed by atoms with Crippen LogP contribution in [0.15, 0.2) is 24.7 Å². The SMILES string of the molecule is NC(Cc1cn(CCn2cccn2)nn1)C(=O)O. The van der Waals surface area contributed by atoms with Gasteiger partial charge >= 0.3 is 5.97 Å². The third-order valence-electron chi connectivity index (χ3n) is 2.45. The minimum atomic E-state index is -1.04. The Morgan fingerprint density at radius 1 is 1.44 bits per heavy atom. The molecule has 0 aliphatic rings. The van der Waals surface area contributed by atoms with Crippen LogP contribution in [0, 0.1) is 0 Å². The lowest BCUT2D eigenvalue weighted by Gasteiger charge is -2.02. The molecule has 18 heavy (non-hydrogen) atoms. The Hall–Kier alpha value is -2.22. The minimum Gasteiger partial charge on any atom is -0.480 e. The molecule has 0 spiro atoms. The summed E-state index contributed by atoms with van der Waals surface area (Å²) in [5, 5.41) is 20.5. The van der Waals surface area contributed by atoms with Gasteiger partial charge in [-0.25, -0.2) is 0 Å². The molecule has 1 atom stereocenters. The minimum absolute atomic E-state index is 0.178. The van der Waals surface area contributed by atoms with Crippen LogP contribution < -0.4 is 5.73 Å². The van der Waals surface area contributed by atoms with Crippen molar-refractivity contribution in [1.29, 1.82) is 0 Å². The summed E-state index contributed by atoms with van der Waals surface area (Å²) in [7, 11) is 0. The van der Waals surface area contributed by atoms with Gasteiger partial charge in [-0.2, -0.15) is 5.10 Å². The zero-order valence-electron chi connectivity index (χ0n) is 9.68. The van der Waals surface area contributed by atoms with E-state index in [4.69, 9.17) is 10.8 Å². The van der Waals surface area contributed by atoms with Crippen molar-refractivity contribution in [3.05, 3.63) is 30.4 Å². The highest BCUT2D eigenvalue weighted by molar-refractivity contribution is 5.73. The van der Waals surface area contributed by atoms with Crippen LogP contribution in [0.1, 0.15) is 5.69 Å². The van der Waals surface area contributed by atoms with Crippen LogP contribution in [0.2, 0.25) is 0 Å². The van der Waals surface area contributed by atoms with E-state index in [1.807, 2.05) is 12.3 Å². The first-order valence-electron chi connectivity index (χ1n) is 5.50. The Morgan fingerprint density at radius 3 is 2.89 bits per heavy atom. The van der Waals surface area contributed by atoms with E-state index in [0.717, 1.165) is 0 Å². The van der Waals surface area contributed by atoms with E-state index in [-0.39, 0.29) is 6.42 Å². The van der Waals surface area contributed by atoms with Gasteiger partial charge in [-0.15, -0.1) is 5.10 Å². The Morgan fingerprint density at radius 2 is 2.22 bits per heavy atom. The van der Waals surface area contributed by atoms with E-state index in [9.17, 15) is 4.79 Å². The van der Waals surface area contributed by atoms with Crippen LogP contribution in [0.25, 0.3) is 0 Å². The molecule has 0 radical (unpaired) electrons. The number of aliphatic carboxylic acids is 1. The summed E-state index contributed by atoms with van der Waals surface area (Å²) in [6, 6.07) is 0.903. The largest absolute Gasteiger partial charge is 0.480 e. The van der Waals surface area contributed by atoms with Gasteiger partial charge in [0, 0.05) is 25.0 Å². The van der Waals surface area contributed by atoms with Crippen molar-refractivity contribution >= 4 is 5.97 Å². The lowest BCUT2D eigenvalue weighted by molar-refractivity contribution is -0.138. The second-order valence-corrected chi connectivity index (χ2v) is 3.89. The van der Waals surface area contributed by atoms with E-state index in [1.54, 1.807) is 21.8 Å². The summed E-state index contributed by atoms with van der Waals surface area (Å²) in [5.74, 6) is -1.04. The van der Waals surface area contributed by atoms with Crippen molar-refractivity contribution in [3.63, 3.8) is 0 Å². The number of nitrogens with zero attached hydrogens (tertiary/aromatic N) is 5. The van der Waals surface area contributed by atoms with Crippen LogP contribution in [-0.4, -0.2) is 41.9 Å². The van der Waals surface area contributed by atoms with Gasteiger partial charge in [-0.1, -0.05) is 5.21 Å². The maximum atomic E-state index is 10.6. The third-order valence-corrected chi connectivity index (χ3v) is 2.45. The fourth-order valence-electron chi connectivity index (χ4n) is 1.49. The van der Waals surface area contributed by atoms with Crippen molar-refractivity contribution in [2.24, 2.45) is 5.73 Å². The van der Waals surface area contributed by atoms with Gasteiger partial charge in [0.1, 0.15) is 6.04 Å². The maximum Gasteiger partial charge on any atom is 0.320 e. The number of aryl methyl sites for hydroxylation is 2. The molecule has 8 nitrogen and oxygen atoms in total. The first-order chi connectivity index (χ1) is 8.65. The predicted octanol–water partition coefficient (Wildman–Crippen LogP) is -0.871. The molecule has 2 rings (SSSR count). The average molecular weight is 250 g/mol. The summed E-state index contributed by atoms with van der Waals surface area (Å²) in [5.41, 5.74) is 5.99. The highest BCUT2D eigenvalue weighted by Gasteiger charge is 2.14. The second kappa shape index (κ2) is 5.41. The molecule has 8 heteroatoms. The van der Waals surface area contributed by atoms with Crippen molar-refractivity contribution in [2.45, 2.75) is 25.6 Å². The van der Waals surface area contributed by atoms with Gasteiger partial charge in [-0.05, 0) is 6.07 Å². The van der Waals surface area contributed by atoms with E-state index >= 15 is 0 Å². The summed E-state index contributed by atoms with van der Waals surface area (Å²) >= 11 is 0. The van der Waals surface area contributed by atoms with Crippen LogP contribution in [0.5, 0.6) is 0 Å². The lowest BCUT2D eigenvalue weighted by atomic mass is 10.2. The Kier molecular flexibility index (Phi) is 3.68. The topological polar surface area (TPSA) is 112 Å². The molecule has 0 amide bonds. The van der Waals surface area contributed by atoms with Crippen LogP contribution in [0.3, 0.4) is 0 Å². The quantitative estimate of drug-likeness (QED) is 0.689. The van der Waals surface area contributed by atoms with Gasteiger partial charge in [0.2, 0.25) is 0 Å². The zero-order valence-corrected chi connectivity index (χ0v) is 9.68. The van der Waals surface area contributed by atoms with E-state index in [1.165, 1.54) is 0 Å². The Labute approximate surface area is 103 Å². The number of nitrogens with two attached hydrogens (primary N) is 1. The van der Waals surface area contributed by atoms with Crippen molar-refractivity contribution in [1.82, 2.24) is 24.8 Å². The number of hydrogen-bond acceptors (Lipinski definition) is 5. The van der Waals surface area contributed by atoms with E-state index < -0.39 is 12.0 Å². The fraction of sp³-hybridized carbons (Fsp3) is 0.400. The first-order valence-corrected chi connectivity index (χ1v) is 5.50. The molecule has 0 saturated carbocycles. The molecule has 0 aliphatic carbocycles. The molecule has 0 fully saturated rings. The number of carboxylic acids is 1. The molecule has 1 unspecified atom stereocenters. The molecular formula is C10H14N6O2. The summed E-state index contributed by atoms with van der Waals surface area (Å²) in [6.07, 6.45) is 5.44. The molecule has 96 valence electrons. The molecule has 3 N–H and O–H groups in total. The summed E-state index contributed by atoms with van der Waals surface area (Å²) in [4.78, 5) is 10.6. The third kappa shape index (κ3) is 3.14. The van der Waals surface area contributed by atoms with E-state index in [2.05, 4.69) is 15.4 Å². The highest BCUT2D eigenvalue weighted by atomic mass is 16.4. The summed E-state index contributed by atoms with van der Waals surface area (Å²) < 4.78 is 3.43. The van der Waals surface area contributed by atoms with Crippen molar-refractivity contribution in [3.8, 4) is 0 Å². The van der Waals surface area contributed by atoms with Crippen LogP contribution in [0.4, 0.5) is 0 Å². The van der Waals surface area contributed by atoms with Gasteiger partial charge in [0.05, 0.1) is 18.8 Å². The molecule has 0 aromatic carbocycles. The molecule has 0 saturated heterocycles. The Bertz CT molecular complexity index is 506. The second-order valence-electron chi connectivity index (χ2n) is 3.89. The number of rotatable bonds is 6. The number of aromatic nitrogens is 5. The van der Waals surface area contributed by atoms with Crippen LogP contribution in [-0.2, 0) is 24.3 Å². The van der Waals surface area contributed by atoms with Gasteiger partial charge in [0.15, 0.2) is 0 Å². The average Bonchev–Trinajstić information content (AvgIpc) is 2.96. The van der Waals surface area contributed by atoms with Gasteiger partial charge < -0.3 is 10.8 Å². The van der Waals surface area contributed by atoms with Gasteiger partial charge in [-0.3, -0.25) is 14.2 Å². The fourth-order valence-corrected chi connectivity index (χ4v) is 1.49. The summed E-state index contributed by atoms with van der Waals surface area (Å²) in [6.45, 7) is 1.30. The highest BCUT2D eigenvalue weighted by Crippen LogP contribution is 1.98. The molecule has 0 aliphatic heterocycles. The standard InChI is InChI=1S/C10H14N6O2/c11-9(10(17)18)6-8-7-16(14-13-8)5-4-15-3-1-2-12-15/h1-3,7,9H,4-6,11H2,(H,17,18). The molecule has 2 aromatic heterocycles. The predicted molar refractivity (Wildman–Crippen MR) is 61.6 cm³/mol. The molecular weight excluding hydrogens is 236 g/mol. The van der Waals surface area contributed by atoms with Crippen molar-refractivity contribution < 1.29 is 9.90 Å². The number of hydrogen-bond donors (Lipinski definition) is 2.